The quantitative estimate of drug-likeness (QED) is 0.826. The number of rotatable bonds is 7. The van der Waals surface area contributed by atoms with Crippen LogP contribution in [0, 0.1) is 0 Å². The van der Waals surface area contributed by atoms with Crippen LogP contribution in [0.25, 0.3) is 0 Å². The molecule has 1 rings (SSSR count). The summed E-state index contributed by atoms with van der Waals surface area (Å²) in [4.78, 5) is 0. The zero-order valence-corrected chi connectivity index (χ0v) is 12.9. The number of hydrogen-bond donors (Lipinski definition) is 1. The molecule has 4 nitrogen and oxygen atoms in total. The lowest BCUT2D eigenvalue weighted by atomic mass is 10.2. The molecule has 1 heterocycles. The zero-order valence-electron chi connectivity index (χ0n) is 12.1. The predicted molar refractivity (Wildman–Crippen MR) is 75.8 cm³/mol. The van der Waals surface area contributed by atoms with Gasteiger partial charge >= 0.3 is 0 Å². The van der Waals surface area contributed by atoms with Crippen molar-refractivity contribution in [2.45, 2.75) is 65.7 Å². The van der Waals surface area contributed by atoms with Gasteiger partial charge in [-0.05, 0) is 40.2 Å². The predicted octanol–water partition coefficient (Wildman–Crippen LogP) is 3.30. The van der Waals surface area contributed by atoms with Crippen LogP contribution in [-0.4, -0.2) is 22.3 Å². The minimum Gasteiger partial charge on any atom is -0.369 e. The van der Waals surface area contributed by atoms with E-state index in [-0.39, 0.29) is 5.60 Å². The molecule has 5 heteroatoms. The van der Waals surface area contributed by atoms with Gasteiger partial charge in [-0.15, -0.1) is 10.2 Å². The third kappa shape index (κ3) is 5.42. The molecular weight excluding hydrogens is 246 g/mol. The summed E-state index contributed by atoms with van der Waals surface area (Å²) in [7, 11) is 0. The van der Waals surface area contributed by atoms with Crippen molar-refractivity contribution < 1.29 is 4.74 Å². The fraction of sp³-hybridized carbons (Fsp3) is 0.846. The smallest absolute Gasteiger partial charge is 0.143 e. The van der Waals surface area contributed by atoms with E-state index in [0.717, 1.165) is 29.4 Å². The Balaban J connectivity index is 2.55. The van der Waals surface area contributed by atoms with Crippen LogP contribution in [0.4, 0.5) is 0 Å². The molecule has 1 aromatic heterocycles. The summed E-state index contributed by atoms with van der Waals surface area (Å²) in [6, 6.07) is 0.325. The summed E-state index contributed by atoms with van der Waals surface area (Å²) in [6.45, 7) is 12.0. The Kier molecular flexibility index (Phi) is 6.18. The van der Waals surface area contributed by atoms with Gasteiger partial charge in [0.05, 0.1) is 11.6 Å². The Hall–Kier alpha value is -0.520. The summed E-state index contributed by atoms with van der Waals surface area (Å²) in [5.74, 6) is 0. The number of nitrogens with one attached hydrogen (secondary N) is 1. The lowest BCUT2D eigenvalue weighted by Gasteiger charge is -2.18. The van der Waals surface area contributed by atoms with Gasteiger partial charge in [-0.2, -0.15) is 0 Å². The molecule has 1 aromatic rings. The largest absolute Gasteiger partial charge is 0.369 e. The van der Waals surface area contributed by atoms with E-state index in [0.29, 0.717) is 12.6 Å². The molecule has 0 saturated heterocycles. The van der Waals surface area contributed by atoms with Crippen LogP contribution in [0.5, 0.6) is 0 Å². The molecule has 1 unspecified atom stereocenters. The molecule has 0 aliphatic carbocycles. The van der Waals surface area contributed by atoms with Crippen LogP contribution >= 0.6 is 11.3 Å². The Morgan fingerprint density at radius 3 is 2.56 bits per heavy atom. The van der Waals surface area contributed by atoms with Gasteiger partial charge in [-0.1, -0.05) is 25.2 Å². The van der Waals surface area contributed by atoms with Crippen molar-refractivity contribution in [2.75, 3.05) is 6.54 Å². The first-order chi connectivity index (χ1) is 8.46. The maximum atomic E-state index is 5.71. The first-order valence-corrected chi connectivity index (χ1v) is 7.47. The average molecular weight is 271 g/mol. The molecule has 0 spiro atoms. The second-order valence-electron chi connectivity index (χ2n) is 5.35. The summed E-state index contributed by atoms with van der Waals surface area (Å²) in [5, 5.41) is 14.0. The van der Waals surface area contributed by atoms with Crippen molar-refractivity contribution in [3.8, 4) is 0 Å². The molecule has 0 aliphatic heterocycles. The second-order valence-corrected chi connectivity index (χ2v) is 6.44. The Morgan fingerprint density at radius 1 is 1.28 bits per heavy atom. The van der Waals surface area contributed by atoms with Gasteiger partial charge < -0.3 is 10.1 Å². The minimum atomic E-state index is -0.129. The first kappa shape index (κ1) is 15.5. The number of hydrogen-bond acceptors (Lipinski definition) is 5. The molecule has 0 amide bonds. The molecule has 0 radical (unpaired) electrons. The van der Waals surface area contributed by atoms with Gasteiger partial charge in [-0.3, -0.25) is 0 Å². The van der Waals surface area contributed by atoms with Crippen LogP contribution in [0.3, 0.4) is 0 Å². The molecule has 0 aliphatic rings. The SMILES string of the molecule is CCCNC(CC)c1nnc(COC(C)(C)C)s1. The first-order valence-electron chi connectivity index (χ1n) is 6.66. The van der Waals surface area contributed by atoms with E-state index in [1.807, 2.05) is 20.8 Å². The minimum absolute atomic E-state index is 0.129. The summed E-state index contributed by atoms with van der Waals surface area (Å²) in [5.41, 5.74) is -0.129. The van der Waals surface area contributed by atoms with Crippen LogP contribution < -0.4 is 5.32 Å². The molecule has 104 valence electrons. The average Bonchev–Trinajstić information content (AvgIpc) is 2.75. The Bertz CT molecular complexity index is 346. The lowest BCUT2D eigenvalue weighted by molar-refractivity contribution is -0.0152. The highest BCUT2D eigenvalue weighted by molar-refractivity contribution is 7.11. The van der Waals surface area contributed by atoms with Crippen molar-refractivity contribution in [2.24, 2.45) is 0 Å². The Morgan fingerprint density at radius 2 is 2.00 bits per heavy atom. The van der Waals surface area contributed by atoms with Gasteiger partial charge in [0.2, 0.25) is 0 Å². The van der Waals surface area contributed by atoms with E-state index >= 15 is 0 Å². The molecule has 0 bridgehead atoms. The molecule has 0 saturated carbocycles. The normalized spacial score (nSPS) is 13.8. The van der Waals surface area contributed by atoms with E-state index in [4.69, 9.17) is 4.74 Å². The zero-order chi connectivity index (χ0) is 13.6. The van der Waals surface area contributed by atoms with Crippen LogP contribution in [0.15, 0.2) is 0 Å². The molecular formula is C13H25N3OS. The maximum Gasteiger partial charge on any atom is 0.143 e. The van der Waals surface area contributed by atoms with Gasteiger partial charge in [-0.25, -0.2) is 0 Å². The van der Waals surface area contributed by atoms with Crippen molar-refractivity contribution in [1.82, 2.24) is 15.5 Å². The Labute approximate surface area is 114 Å². The van der Waals surface area contributed by atoms with E-state index in [1.165, 1.54) is 0 Å². The highest BCUT2D eigenvalue weighted by Gasteiger charge is 2.16. The third-order valence-electron chi connectivity index (χ3n) is 2.46. The highest BCUT2D eigenvalue weighted by atomic mass is 32.1. The standard InChI is InChI=1S/C13H25N3OS/c1-6-8-14-10(7-2)12-16-15-11(18-12)9-17-13(3,4)5/h10,14H,6-9H2,1-5H3. The number of aromatic nitrogens is 2. The molecule has 18 heavy (non-hydrogen) atoms. The molecule has 1 N–H and O–H groups in total. The van der Waals surface area contributed by atoms with E-state index in [9.17, 15) is 0 Å². The topological polar surface area (TPSA) is 47.0 Å². The lowest BCUT2D eigenvalue weighted by Crippen LogP contribution is -2.21. The van der Waals surface area contributed by atoms with Crippen LogP contribution in [0.2, 0.25) is 0 Å². The monoisotopic (exact) mass is 271 g/mol. The molecule has 0 fully saturated rings. The van der Waals surface area contributed by atoms with Gasteiger partial charge in [0.1, 0.15) is 16.6 Å². The van der Waals surface area contributed by atoms with Gasteiger partial charge in [0.25, 0.3) is 0 Å². The fourth-order valence-electron chi connectivity index (χ4n) is 1.47. The van der Waals surface area contributed by atoms with Crippen molar-refractivity contribution in [3.05, 3.63) is 10.0 Å². The highest BCUT2D eigenvalue weighted by Crippen LogP contribution is 2.22. The third-order valence-corrected chi connectivity index (χ3v) is 3.47. The second kappa shape index (κ2) is 7.16. The summed E-state index contributed by atoms with van der Waals surface area (Å²) < 4.78 is 5.71. The van der Waals surface area contributed by atoms with E-state index in [1.54, 1.807) is 11.3 Å². The fourth-order valence-corrected chi connectivity index (χ4v) is 2.38. The number of ether oxygens (including phenoxy) is 1. The summed E-state index contributed by atoms with van der Waals surface area (Å²) in [6.07, 6.45) is 2.17. The molecule has 0 aromatic carbocycles. The summed E-state index contributed by atoms with van der Waals surface area (Å²) >= 11 is 1.65. The van der Waals surface area contributed by atoms with Crippen LogP contribution in [-0.2, 0) is 11.3 Å². The van der Waals surface area contributed by atoms with Crippen molar-refractivity contribution in [1.29, 1.82) is 0 Å². The van der Waals surface area contributed by atoms with Crippen molar-refractivity contribution >= 4 is 11.3 Å². The van der Waals surface area contributed by atoms with E-state index < -0.39 is 0 Å². The molecule has 1 atom stereocenters. The maximum absolute atomic E-state index is 5.71. The van der Waals surface area contributed by atoms with Crippen molar-refractivity contribution in [3.63, 3.8) is 0 Å². The van der Waals surface area contributed by atoms with Crippen LogP contribution in [0.1, 0.15) is 63.5 Å². The van der Waals surface area contributed by atoms with Gasteiger partial charge in [0, 0.05) is 0 Å². The number of nitrogens with zero attached hydrogens (tertiary/aromatic N) is 2. The van der Waals surface area contributed by atoms with E-state index in [2.05, 4.69) is 29.4 Å². The van der Waals surface area contributed by atoms with Gasteiger partial charge in [0.15, 0.2) is 0 Å².